The lowest BCUT2D eigenvalue weighted by molar-refractivity contribution is -0.122. The van der Waals surface area contributed by atoms with Crippen molar-refractivity contribution >= 4 is 47.2 Å². The van der Waals surface area contributed by atoms with Gasteiger partial charge in [0.2, 0.25) is 5.91 Å². The van der Waals surface area contributed by atoms with Gasteiger partial charge >= 0.3 is 0 Å². The minimum absolute atomic E-state index is 0. The number of aromatic nitrogens is 1. The van der Waals surface area contributed by atoms with E-state index in [2.05, 4.69) is 32.9 Å². The Kier molecular flexibility index (Phi) is 8.69. The van der Waals surface area contributed by atoms with Gasteiger partial charge in [-0.3, -0.25) is 9.79 Å². The summed E-state index contributed by atoms with van der Waals surface area (Å²) >= 11 is 1.72. The van der Waals surface area contributed by atoms with Crippen LogP contribution in [0, 0.1) is 12.8 Å². The predicted molar refractivity (Wildman–Crippen MR) is 101 cm³/mol. The molecular weight excluding hydrogens is 413 g/mol. The summed E-state index contributed by atoms with van der Waals surface area (Å²) in [6.45, 7) is 4.16. The predicted octanol–water partition coefficient (Wildman–Crippen LogP) is 1.30. The molecule has 124 valence electrons. The van der Waals surface area contributed by atoms with Crippen LogP contribution in [0.2, 0.25) is 0 Å². The molecule has 1 heterocycles. The molecule has 22 heavy (non-hydrogen) atoms. The van der Waals surface area contributed by atoms with Gasteiger partial charge in [0, 0.05) is 50.1 Å². The number of amides is 1. The Morgan fingerprint density at radius 2 is 2.00 bits per heavy atom. The smallest absolute Gasteiger partial charge is 0.223 e. The molecule has 0 unspecified atom stereocenters. The molecule has 6 nitrogen and oxygen atoms in total. The molecule has 8 heteroatoms. The van der Waals surface area contributed by atoms with Crippen molar-refractivity contribution in [1.82, 2.24) is 20.9 Å². The molecule has 1 saturated carbocycles. The average Bonchev–Trinajstić information content (AvgIpc) is 3.25. The molecule has 0 bridgehead atoms. The molecule has 0 spiro atoms. The van der Waals surface area contributed by atoms with Gasteiger partial charge in [-0.05, 0) is 19.8 Å². The maximum absolute atomic E-state index is 11.5. The van der Waals surface area contributed by atoms with Crippen molar-refractivity contribution in [2.24, 2.45) is 10.9 Å². The summed E-state index contributed by atoms with van der Waals surface area (Å²) < 4.78 is 0. The van der Waals surface area contributed by atoms with Gasteiger partial charge in [0.15, 0.2) is 5.96 Å². The summed E-state index contributed by atoms with van der Waals surface area (Å²) in [6, 6.07) is 0. The first-order valence-electron chi connectivity index (χ1n) is 7.32. The van der Waals surface area contributed by atoms with Crippen molar-refractivity contribution < 1.29 is 4.79 Å². The van der Waals surface area contributed by atoms with Gasteiger partial charge in [0.1, 0.15) is 0 Å². The zero-order chi connectivity index (χ0) is 15.1. The van der Waals surface area contributed by atoms with Gasteiger partial charge in [-0.15, -0.1) is 35.3 Å². The summed E-state index contributed by atoms with van der Waals surface area (Å²) in [6.07, 6.45) is 4.87. The number of aliphatic imine (C=N–C) groups is 1. The molecule has 2 rings (SSSR count). The van der Waals surface area contributed by atoms with E-state index < -0.39 is 0 Å². The molecule has 0 aromatic carbocycles. The van der Waals surface area contributed by atoms with Crippen LogP contribution in [0.5, 0.6) is 0 Å². The summed E-state index contributed by atoms with van der Waals surface area (Å²) in [5, 5.41) is 10.5. The van der Waals surface area contributed by atoms with Crippen LogP contribution in [0.15, 0.2) is 11.2 Å². The lowest BCUT2D eigenvalue weighted by atomic mass is 10.4. The SMILES string of the molecule is CN=C(NCCNC(=O)C1CC1)NCCc1ncc(C)s1.I. The van der Waals surface area contributed by atoms with Crippen molar-refractivity contribution in [2.75, 3.05) is 26.7 Å². The maximum atomic E-state index is 11.5. The summed E-state index contributed by atoms with van der Waals surface area (Å²) in [7, 11) is 1.74. The van der Waals surface area contributed by atoms with Crippen molar-refractivity contribution in [3.8, 4) is 0 Å². The average molecular weight is 437 g/mol. The van der Waals surface area contributed by atoms with E-state index in [9.17, 15) is 4.79 Å². The van der Waals surface area contributed by atoms with Gasteiger partial charge in [-0.1, -0.05) is 0 Å². The van der Waals surface area contributed by atoms with E-state index in [0.29, 0.717) is 13.1 Å². The zero-order valence-electron chi connectivity index (χ0n) is 13.0. The topological polar surface area (TPSA) is 78.4 Å². The monoisotopic (exact) mass is 437 g/mol. The minimum Gasteiger partial charge on any atom is -0.356 e. The molecule has 0 atom stereocenters. The second-order valence-corrected chi connectivity index (χ2v) is 6.43. The van der Waals surface area contributed by atoms with Crippen LogP contribution >= 0.6 is 35.3 Å². The number of aryl methyl sites for hydroxylation is 1. The Morgan fingerprint density at radius 1 is 1.32 bits per heavy atom. The number of thiazole rings is 1. The van der Waals surface area contributed by atoms with Crippen LogP contribution in [0.3, 0.4) is 0 Å². The molecule has 1 aromatic rings. The Bertz CT molecular complexity index is 501. The van der Waals surface area contributed by atoms with E-state index in [1.807, 2.05) is 6.20 Å². The Morgan fingerprint density at radius 3 is 2.59 bits per heavy atom. The lowest BCUT2D eigenvalue weighted by Crippen LogP contribution is -2.42. The highest BCUT2D eigenvalue weighted by Crippen LogP contribution is 2.28. The summed E-state index contributed by atoms with van der Waals surface area (Å²) in [4.78, 5) is 21.2. The van der Waals surface area contributed by atoms with Crippen LogP contribution in [-0.2, 0) is 11.2 Å². The van der Waals surface area contributed by atoms with Gasteiger partial charge in [0.25, 0.3) is 0 Å². The quantitative estimate of drug-likeness (QED) is 0.260. The van der Waals surface area contributed by atoms with Crippen LogP contribution in [0.1, 0.15) is 22.7 Å². The normalized spacial score (nSPS) is 14.2. The van der Waals surface area contributed by atoms with E-state index in [1.165, 1.54) is 4.88 Å². The number of nitrogens with one attached hydrogen (secondary N) is 3. The van der Waals surface area contributed by atoms with E-state index in [-0.39, 0.29) is 35.8 Å². The first-order valence-corrected chi connectivity index (χ1v) is 8.14. The van der Waals surface area contributed by atoms with Crippen molar-refractivity contribution in [3.05, 3.63) is 16.1 Å². The lowest BCUT2D eigenvalue weighted by Gasteiger charge is -2.11. The Balaban J connectivity index is 0.00000242. The number of rotatable bonds is 7. The molecule has 1 amide bonds. The third kappa shape index (κ3) is 6.91. The highest BCUT2D eigenvalue weighted by molar-refractivity contribution is 14.0. The first-order chi connectivity index (χ1) is 10.2. The second-order valence-electron chi connectivity index (χ2n) is 5.11. The summed E-state index contributed by atoms with van der Waals surface area (Å²) in [5.41, 5.74) is 0. The van der Waals surface area contributed by atoms with E-state index in [1.54, 1.807) is 18.4 Å². The summed E-state index contributed by atoms with van der Waals surface area (Å²) in [5.74, 6) is 1.20. The third-order valence-corrected chi connectivity index (χ3v) is 4.16. The van der Waals surface area contributed by atoms with Crippen LogP contribution in [0.4, 0.5) is 0 Å². The molecule has 0 radical (unpaired) electrons. The number of halogens is 1. The van der Waals surface area contributed by atoms with Gasteiger partial charge in [0.05, 0.1) is 5.01 Å². The zero-order valence-corrected chi connectivity index (χ0v) is 16.2. The van der Waals surface area contributed by atoms with E-state index in [0.717, 1.165) is 36.8 Å². The molecule has 3 N–H and O–H groups in total. The highest BCUT2D eigenvalue weighted by atomic mass is 127. The van der Waals surface area contributed by atoms with E-state index >= 15 is 0 Å². The van der Waals surface area contributed by atoms with Crippen LogP contribution in [0.25, 0.3) is 0 Å². The van der Waals surface area contributed by atoms with Crippen molar-refractivity contribution in [2.45, 2.75) is 26.2 Å². The third-order valence-electron chi connectivity index (χ3n) is 3.19. The molecule has 1 aliphatic carbocycles. The van der Waals surface area contributed by atoms with E-state index in [4.69, 9.17) is 0 Å². The Labute approximate surface area is 152 Å². The number of nitrogens with zero attached hydrogens (tertiary/aromatic N) is 2. The number of carbonyl (C=O) groups excluding carboxylic acids is 1. The molecule has 1 aromatic heterocycles. The van der Waals surface area contributed by atoms with Gasteiger partial charge in [-0.2, -0.15) is 0 Å². The second kappa shape index (κ2) is 9.98. The van der Waals surface area contributed by atoms with Gasteiger partial charge in [-0.25, -0.2) is 4.98 Å². The molecular formula is C14H24IN5OS. The molecule has 0 aliphatic heterocycles. The fourth-order valence-corrected chi connectivity index (χ4v) is 2.67. The number of guanidine groups is 1. The largest absolute Gasteiger partial charge is 0.356 e. The van der Waals surface area contributed by atoms with Crippen molar-refractivity contribution in [1.29, 1.82) is 0 Å². The maximum Gasteiger partial charge on any atom is 0.223 e. The standard InChI is InChI=1S/C14H23N5OS.HI/c1-10-9-19-12(21-10)5-6-17-14(15-2)18-8-7-16-13(20)11-3-4-11;/h9,11H,3-8H2,1-2H3,(H,16,20)(H2,15,17,18);1H. The molecule has 0 saturated heterocycles. The highest BCUT2D eigenvalue weighted by Gasteiger charge is 2.28. The Hall–Kier alpha value is -0.900. The fourth-order valence-electron chi connectivity index (χ4n) is 1.88. The minimum atomic E-state index is 0. The number of hydrogen-bond acceptors (Lipinski definition) is 4. The van der Waals surface area contributed by atoms with Crippen molar-refractivity contribution in [3.63, 3.8) is 0 Å². The molecule has 1 aliphatic rings. The number of hydrogen-bond donors (Lipinski definition) is 3. The van der Waals surface area contributed by atoms with Crippen LogP contribution in [-0.4, -0.2) is 43.5 Å². The van der Waals surface area contributed by atoms with Gasteiger partial charge < -0.3 is 16.0 Å². The van der Waals surface area contributed by atoms with Crippen LogP contribution < -0.4 is 16.0 Å². The molecule has 1 fully saturated rings. The fraction of sp³-hybridized carbons (Fsp3) is 0.643. The first kappa shape index (κ1) is 19.1. The number of carbonyl (C=O) groups is 1.